The standard InChI is InChI=1S/C34H39N7O5S/c1-34(2,37-21-31(42)26-8-7-9-27(18-26)39-47(45,46)29-10-5-4-6-11-29)16-17-41-22-30(36-23-41)24-12-14-25(15-13-24)33(44)35-20-28-19-32(43)40(3)38-28/h4-15,18-19,22-23,31,37,39,42-43H,16-17,20-21H2,1-3H3,(H,35,44)/t31-/m1/s1. The highest BCUT2D eigenvalue weighted by molar-refractivity contribution is 7.92. The average molecular weight is 658 g/mol. The number of hydrogen-bond acceptors (Lipinski definition) is 8. The third-order valence-corrected chi connectivity index (χ3v) is 9.16. The van der Waals surface area contributed by atoms with Crippen LogP contribution in [0, 0.1) is 0 Å². The van der Waals surface area contributed by atoms with Gasteiger partial charge < -0.3 is 25.4 Å². The molecule has 5 N–H and O–H groups in total. The molecule has 0 spiro atoms. The zero-order valence-corrected chi connectivity index (χ0v) is 27.3. The number of benzene rings is 3. The van der Waals surface area contributed by atoms with E-state index in [-0.39, 0.29) is 35.3 Å². The number of aryl methyl sites for hydroxylation is 2. The van der Waals surface area contributed by atoms with Crippen LogP contribution in [-0.4, -0.2) is 56.0 Å². The minimum atomic E-state index is -3.74. The lowest BCUT2D eigenvalue weighted by atomic mass is 9.99. The van der Waals surface area contributed by atoms with Crippen molar-refractivity contribution in [2.24, 2.45) is 7.05 Å². The van der Waals surface area contributed by atoms with Gasteiger partial charge in [0.1, 0.15) is 0 Å². The van der Waals surface area contributed by atoms with Crippen molar-refractivity contribution in [3.05, 3.63) is 114 Å². The lowest BCUT2D eigenvalue weighted by Gasteiger charge is -2.28. The van der Waals surface area contributed by atoms with Crippen LogP contribution < -0.4 is 15.4 Å². The molecule has 5 rings (SSSR count). The van der Waals surface area contributed by atoms with E-state index in [1.807, 2.05) is 22.9 Å². The summed E-state index contributed by atoms with van der Waals surface area (Å²) in [4.78, 5) is 17.3. The summed E-state index contributed by atoms with van der Waals surface area (Å²) in [5.74, 6) is -0.211. The summed E-state index contributed by atoms with van der Waals surface area (Å²) in [5, 5.41) is 30.9. The van der Waals surface area contributed by atoms with Gasteiger partial charge in [0.05, 0.1) is 35.3 Å². The minimum absolute atomic E-state index is 0.0317. The highest BCUT2D eigenvalue weighted by atomic mass is 32.2. The van der Waals surface area contributed by atoms with E-state index in [1.54, 1.807) is 68.0 Å². The van der Waals surface area contributed by atoms with Crippen LogP contribution in [0.15, 0.2) is 102 Å². The highest BCUT2D eigenvalue weighted by Crippen LogP contribution is 2.23. The van der Waals surface area contributed by atoms with Crippen LogP contribution in [0.25, 0.3) is 11.3 Å². The topological polar surface area (TPSA) is 163 Å². The Morgan fingerprint density at radius 3 is 2.45 bits per heavy atom. The Hall–Kier alpha value is -4.98. The number of imidazole rings is 1. The van der Waals surface area contributed by atoms with Gasteiger partial charge in [-0.25, -0.2) is 18.1 Å². The SMILES string of the molecule is Cn1nc(CNC(=O)c2ccc(-c3cn(CCC(C)(C)NC[C@@H](O)c4cccc(NS(=O)(=O)c5ccccc5)c4)cn3)cc2)cc1O. The van der Waals surface area contributed by atoms with E-state index in [9.17, 15) is 23.4 Å². The Kier molecular flexibility index (Phi) is 10.1. The molecule has 47 heavy (non-hydrogen) atoms. The quantitative estimate of drug-likeness (QED) is 0.119. The van der Waals surface area contributed by atoms with E-state index in [1.165, 1.54) is 22.9 Å². The van der Waals surface area contributed by atoms with Gasteiger partial charge in [-0.2, -0.15) is 5.10 Å². The molecule has 2 aromatic heterocycles. The number of aliphatic hydroxyl groups is 1. The van der Waals surface area contributed by atoms with Crippen molar-refractivity contribution in [1.29, 1.82) is 0 Å². The predicted octanol–water partition coefficient (Wildman–Crippen LogP) is 4.21. The third-order valence-electron chi connectivity index (χ3n) is 7.76. The zero-order valence-electron chi connectivity index (χ0n) is 26.5. The van der Waals surface area contributed by atoms with Gasteiger partial charge in [-0.3, -0.25) is 9.52 Å². The lowest BCUT2D eigenvalue weighted by molar-refractivity contribution is 0.0950. The molecule has 0 radical (unpaired) electrons. The molecule has 246 valence electrons. The number of aliphatic hydroxyl groups excluding tert-OH is 1. The summed E-state index contributed by atoms with van der Waals surface area (Å²) < 4.78 is 31.3. The average Bonchev–Trinajstić information content (AvgIpc) is 3.67. The second-order valence-electron chi connectivity index (χ2n) is 11.9. The molecule has 0 bridgehead atoms. The van der Waals surface area contributed by atoms with Gasteiger partial charge in [0.25, 0.3) is 15.9 Å². The summed E-state index contributed by atoms with van der Waals surface area (Å²) in [6, 6.07) is 23.6. The molecular weight excluding hydrogens is 618 g/mol. The number of anilines is 1. The second-order valence-corrected chi connectivity index (χ2v) is 13.6. The molecule has 0 saturated carbocycles. The largest absolute Gasteiger partial charge is 0.493 e. The number of sulfonamides is 1. The fourth-order valence-corrected chi connectivity index (χ4v) is 5.98. The first-order chi connectivity index (χ1) is 22.4. The van der Waals surface area contributed by atoms with Crippen molar-refractivity contribution < 1.29 is 23.4 Å². The van der Waals surface area contributed by atoms with Gasteiger partial charge in [-0.15, -0.1) is 0 Å². The first kappa shape index (κ1) is 33.4. The van der Waals surface area contributed by atoms with E-state index >= 15 is 0 Å². The summed E-state index contributed by atoms with van der Waals surface area (Å²) >= 11 is 0. The van der Waals surface area contributed by atoms with E-state index in [0.717, 1.165) is 17.7 Å². The molecule has 0 aliphatic heterocycles. The smallest absolute Gasteiger partial charge is 0.261 e. The Morgan fingerprint density at radius 1 is 1.00 bits per heavy atom. The maximum Gasteiger partial charge on any atom is 0.261 e. The van der Waals surface area contributed by atoms with Crippen LogP contribution >= 0.6 is 0 Å². The van der Waals surface area contributed by atoms with Crippen molar-refractivity contribution in [3.8, 4) is 17.1 Å². The zero-order chi connectivity index (χ0) is 33.6. The predicted molar refractivity (Wildman–Crippen MR) is 179 cm³/mol. The van der Waals surface area contributed by atoms with Gasteiger partial charge in [0.2, 0.25) is 5.88 Å². The number of rotatable bonds is 14. The number of nitrogens with one attached hydrogen (secondary N) is 3. The van der Waals surface area contributed by atoms with Gasteiger partial charge in [-0.1, -0.05) is 42.5 Å². The number of hydrogen-bond donors (Lipinski definition) is 5. The van der Waals surface area contributed by atoms with Crippen molar-refractivity contribution in [2.75, 3.05) is 11.3 Å². The van der Waals surface area contributed by atoms with Crippen LogP contribution in [-0.2, 0) is 30.2 Å². The Balaban J connectivity index is 1.10. The fraction of sp³-hybridized carbons (Fsp3) is 0.265. The molecule has 1 atom stereocenters. The van der Waals surface area contributed by atoms with Crippen molar-refractivity contribution >= 4 is 21.6 Å². The normalized spacial score (nSPS) is 12.5. The molecule has 0 unspecified atom stereocenters. The molecular formula is C34H39N7O5S. The number of carbonyl (C=O) groups excluding carboxylic acids is 1. The number of β-amino-alcohol motifs (C(OH)–C–C–N with tert-alkyl or cyclic N) is 1. The van der Waals surface area contributed by atoms with E-state index in [0.29, 0.717) is 29.1 Å². The summed E-state index contributed by atoms with van der Waals surface area (Å²) in [6.45, 7) is 5.28. The summed E-state index contributed by atoms with van der Waals surface area (Å²) in [5.41, 5.74) is 3.38. The van der Waals surface area contributed by atoms with E-state index in [2.05, 4.69) is 39.3 Å². The van der Waals surface area contributed by atoms with Crippen molar-refractivity contribution in [1.82, 2.24) is 30.0 Å². The molecule has 13 heteroatoms. The van der Waals surface area contributed by atoms with E-state index in [4.69, 9.17) is 0 Å². The third kappa shape index (κ3) is 8.85. The molecule has 5 aromatic rings. The Bertz CT molecular complexity index is 1900. The van der Waals surface area contributed by atoms with Crippen LogP contribution in [0.4, 0.5) is 5.69 Å². The Morgan fingerprint density at radius 2 is 1.74 bits per heavy atom. The number of aromatic nitrogens is 4. The fourth-order valence-electron chi connectivity index (χ4n) is 4.91. The Labute approximate surface area is 274 Å². The summed E-state index contributed by atoms with van der Waals surface area (Å²) in [7, 11) is -2.11. The van der Waals surface area contributed by atoms with Crippen molar-refractivity contribution in [2.45, 2.75) is 49.9 Å². The first-order valence-corrected chi connectivity index (χ1v) is 16.6. The van der Waals surface area contributed by atoms with Crippen molar-refractivity contribution in [3.63, 3.8) is 0 Å². The summed E-state index contributed by atoms with van der Waals surface area (Å²) in [6.07, 6.45) is 3.63. The van der Waals surface area contributed by atoms with Crippen LogP contribution in [0.5, 0.6) is 5.88 Å². The first-order valence-electron chi connectivity index (χ1n) is 15.1. The number of amides is 1. The molecule has 0 aliphatic rings. The minimum Gasteiger partial charge on any atom is -0.493 e. The number of aromatic hydroxyl groups is 1. The van der Waals surface area contributed by atoms with E-state index < -0.39 is 16.1 Å². The maximum atomic E-state index is 12.7. The molecule has 0 fully saturated rings. The lowest BCUT2D eigenvalue weighted by Crippen LogP contribution is -2.42. The number of nitrogens with zero attached hydrogens (tertiary/aromatic N) is 4. The van der Waals surface area contributed by atoms with Crippen LogP contribution in [0.1, 0.15) is 48.0 Å². The van der Waals surface area contributed by atoms with Gasteiger partial charge >= 0.3 is 0 Å². The van der Waals surface area contributed by atoms with Crippen LogP contribution in [0.2, 0.25) is 0 Å². The molecule has 3 aromatic carbocycles. The maximum absolute atomic E-state index is 12.7. The second kappa shape index (κ2) is 14.2. The molecule has 1 amide bonds. The monoisotopic (exact) mass is 657 g/mol. The van der Waals surface area contributed by atoms with Crippen LogP contribution in [0.3, 0.4) is 0 Å². The molecule has 2 heterocycles. The molecule has 0 aliphatic carbocycles. The van der Waals surface area contributed by atoms with Gasteiger partial charge in [-0.05, 0) is 62.2 Å². The van der Waals surface area contributed by atoms with Gasteiger partial charge in [0, 0.05) is 54.8 Å². The highest BCUT2D eigenvalue weighted by Gasteiger charge is 2.20. The van der Waals surface area contributed by atoms with Gasteiger partial charge in [0.15, 0.2) is 0 Å². The number of carbonyl (C=O) groups is 1. The molecule has 12 nitrogen and oxygen atoms in total. The molecule has 0 saturated heterocycles.